The van der Waals surface area contributed by atoms with Crippen molar-refractivity contribution in [2.75, 3.05) is 6.54 Å². The standard InChI is InChI=1S/C20H32BNO4/c1-19(2,3)24-18(23)22-9-5-6-16(22)21-25-14-8-7-12-10-13-11-15(26-21)17(14)20(12,13)4/h12-17H,5-11H2,1-4H3/t12?,13?,14-,15?,16?,17?,20?/m1/s1. The summed E-state index contributed by atoms with van der Waals surface area (Å²) in [6.07, 6.45) is 7.38. The van der Waals surface area contributed by atoms with Crippen LogP contribution in [0.1, 0.15) is 66.2 Å². The molecule has 2 saturated heterocycles. The van der Waals surface area contributed by atoms with E-state index in [4.69, 9.17) is 14.0 Å². The normalized spacial score (nSPS) is 46.8. The third-order valence-corrected chi connectivity index (χ3v) is 8.02. The molecule has 5 fully saturated rings. The molecule has 26 heavy (non-hydrogen) atoms. The van der Waals surface area contributed by atoms with Crippen molar-refractivity contribution in [3.63, 3.8) is 0 Å². The van der Waals surface area contributed by atoms with Crippen molar-refractivity contribution in [2.24, 2.45) is 23.2 Å². The number of likely N-dealkylation sites (tertiary alicyclic amines) is 1. The van der Waals surface area contributed by atoms with Crippen LogP contribution in [-0.2, 0) is 14.0 Å². The third-order valence-electron chi connectivity index (χ3n) is 8.02. The number of hydrogen-bond acceptors (Lipinski definition) is 4. The highest BCUT2D eigenvalue weighted by Crippen LogP contribution is 2.70. The number of carbonyl (C=O) groups is 1. The second-order valence-electron chi connectivity index (χ2n) is 10.4. The first-order valence-corrected chi connectivity index (χ1v) is 10.6. The Labute approximate surface area is 157 Å². The van der Waals surface area contributed by atoms with Gasteiger partial charge in [0.05, 0.1) is 5.94 Å². The van der Waals surface area contributed by atoms with Crippen molar-refractivity contribution < 1.29 is 18.8 Å². The maximum atomic E-state index is 12.7. The lowest BCUT2D eigenvalue weighted by molar-refractivity contribution is -0.155. The highest BCUT2D eigenvalue weighted by atomic mass is 16.6. The fourth-order valence-electron chi connectivity index (χ4n) is 6.83. The molecule has 6 unspecified atom stereocenters. The van der Waals surface area contributed by atoms with E-state index in [1.54, 1.807) is 0 Å². The van der Waals surface area contributed by atoms with Crippen LogP contribution >= 0.6 is 0 Å². The Morgan fingerprint density at radius 2 is 1.88 bits per heavy atom. The molecule has 0 aromatic carbocycles. The van der Waals surface area contributed by atoms with Crippen LogP contribution in [0.3, 0.4) is 0 Å². The van der Waals surface area contributed by atoms with Crippen molar-refractivity contribution in [2.45, 2.75) is 90.0 Å². The zero-order valence-corrected chi connectivity index (χ0v) is 16.6. The van der Waals surface area contributed by atoms with Crippen LogP contribution in [0.25, 0.3) is 0 Å². The van der Waals surface area contributed by atoms with Gasteiger partial charge in [-0.05, 0) is 76.5 Å². The Morgan fingerprint density at radius 1 is 1.12 bits per heavy atom. The molecule has 0 aromatic heterocycles. The van der Waals surface area contributed by atoms with Crippen LogP contribution in [0, 0.1) is 23.2 Å². The first kappa shape index (κ1) is 17.4. The fraction of sp³-hybridized carbons (Fsp3) is 0.950. The van der Waals surface area contributed by atoms with Gasteiger partial charge in [-0.25, -0.2) is 4.79 Å². The molecular formula is C20H32BNO4. The maximum absolute atomic E-state index is 12.7. The van der Waals surface area contributed by atoms with Gasteiger partial charge in [0.15, 0.2) is 0 Å². The molecule has 0 spiro atoms. The van der Waals surface area contributed by atoms with Gasteiger partial charge in [0.25, 0.3) is 0 Å². The summed E-state index contributed by atoms with van der Waals surface area (Å²) in [7, 11) is -0.283. The van der Waals surface area contributed by atoms with Crippen molar-refractivity contribution >= 4 is 13.2 Å². The van der Waals surface area contributed by atoms with E-state index in [0.29, 0.717) is 23.5 Å². The summed E-state index contributed by atoms with van der Waals surface area (Å²) < 4.78 is 18.7. The predicted octanol–water partition coefficient (Wildman–Crippen LogP) is 3.65. The van der Waals surface area contributed by atoms with Gasteiger partial charge in [-0.1, -0.05) is 6.92 Å². The SMILES string of the molecule is CC(C)(C)OC(=O)N1CCCC1B1OC2CC3CC4CC[C@@H](O1)C2C43C. The summed E-state index contributed by atoms with van der Waals surface area (Å²) in [5.41, 5.74) is -0.0275. The molecule has 6 heteroatoms. The summed E-state index contributed by atoms with van der Waals surface area (Å²) in [4.78, 5) is 14.5. The molecule has 0 N–H and O–H groups in total. The average Bonchev–Trinajstić information content (AvgIpc) is 3.11. The zero-order chi connectivity index (χ0) is 18.3. The molecule has 2 aliphatic heterocycles. The van der Waals surface area contributed by atoms with E-state index in [1.165, 1.54) is 19.3 Å². The molecule has 0 aromatic rings. The van der Waals surface area contributed by atoms with Gasteiger partial charge in [-0.3, -0.25) is 0 Å². The summed E-state index contributed by atoms with van der Waals surface area (Å²) >= 11 is 0. The molecule has 5 nitrogen and oxygen atoms in total. The maximum Gasteiger partial charge on any atom is 0.481 e. The molecule has 1 amide bonds. The van der Waals surface area contributed by atoms with E-state index in [0.717, 1.165) is 37.6 Å². The molecule has 144 valence electrons. The van der Waals surface area contributed by atoms with Gasteiger partial charge >= 0.3 is 13.2 Å². The van der Waals surface area contributed by atoms with Gasteiger partial charge in [-0.2, -0.15) is 0 Å². The fourth-order valence-corrected chi connectivity index (χ4v) is 6.83. The van der Waals surface area contributed by atoms with Gasteiger partial charge < -0.3 is 18.9 Å². The molecule has 2 heterocycles. The van der Waals surface area contributed by atoms with E-state index in [-0.39, 0.29) is 19.2 Å². The number of ether oxygens (including phenoxy) is 1. The molecule has 0 bridgehead atoms. The molecule has 3 saturated carbocycles. The molecule has 3 aliphatic carbocycles. The summed E-state index contributed by atoms with van der Waals surface area (Å²) in [5, 5.41) is 0. The highest BCUT2D eigenvalue weighted by Gasteiger charge is 2.69. The van der Waals surface area contributed by atoms with Crippen molar-refractivity contribution in [3.8, 4) is 0 Å². The molecule has 5 rings (SSSR count). The van der Waals surface area contributed by atoms with Crippen LogP contribution in [0.2, 0.25) is 0 Å². The van der Waals surface area contributed by atoms with Gasteiger partial charge in [0, 0.05) is 24.7 Å². The average molecular weight is 361 g/mol. The zero-order valence-electron chi connectivity index (χ0n) is 16.6. The van der Waals surface area contributed by atoms with Crippen LogP contribution < -0.4 is 0 Å². The summed E-state index contributed by atoms with van der Waals surface area (Å²) in [6, 6.07) is 0. The number of carbonyl (C=O) groups excluding carboxylic acids is 1. The Bertz CT molecular complexity index is 599. The lowest BCUT2D eigenvalue weighted by Crippen LogP contribution is -2.62. The first-order valence-electron chi connectivity index (χ1n) is 10.6. The van der Waals surface area contributed by atoms with E-state index < -0.39 is 5.60 Å². The molecule has 5 aliphatic rings. The van der Waals surface area contributed by atoms with E-state index in [1.807, 2.05) is 25.7 Å². The number of nitrogens with zero attached hydrogens (tertiary/aromatic N) is 1. The Morgan fingerprint density at radius 3 is 2.65 bits per heavy atom. The second-order valence-corrected chi connectivity index (χ2v) is 10.4. The third kappa shape index (κ3) is 2.40. The first-order chi connectivity index (χ1) is 12.3. The van der Waals surface area contributed by atoms with Crippen LogP contribution in [0.5, 0.6) is 0 Å². The summed E-state index contributed by atoms with van der Waals surface area (Å²) in [5.74, 6) is 2.26. The van der Waals surface area contributed by atoms with Gasteiger partial charge in [-0.15, -0.1) is 0 Å². The topological polar surface area (TPSA) is 48.0 Å². The van der Waals surface area contributed by atoms with Crippen LogP contribution in [0.15, 0.2) is 0 Å². The minimum Gasteiger partial charge on any atom is -0.444 e. The Hall–Kier alpha value is -0.745. The van der Waals surface area contributed by atoms with Crippen LogP contribution in [0.4, 0.5) is 4.79 Å². The highest BCUT2D eigenvalue weighted by molar-refractivity contribution is 6.47. The van der Waals surface area contributed by atoms with Gasteiger partial charge in [0.1, 0.15) is 5.60 Å². The smallest absolute Gasteiger partial charge is 0.444 e. The van der Waals surface area contributed by atoms with E-state index in [2.05, 4.69) is 6.92 Å². The minimum absolute atomic E-state index is 0.00502. The molecule has 0 radical (unpaired) electrons. The Kier molecular flexibility index (Phi) is 3.76. The van der Waals surface area contributed by atoms with Crippen LogP contribution in [-0.4, -0.2) is 48.4 Å². The lowest BCUT2D eigenvalue weighted by Gasteiger charge is -2.60. The molecule has 7 atom stereocenters. The monoisotopic (exact) mass is 361 g/mol. The molecular weight excluding hydrogens is 329 g/mol. The van der Waals surface area contributed by atoms with Gasteiger partial charge in [0.2, 0.25) is 0 Å². The van der Waals surface area contributed by atoms with Crippen molar-refractivity contribution in [1.29, 1.82) is 0 Å². The quantitative estimate of drug-likeness (QED) is 0.669. The van der Waals surface area contributed by atoms with E-state index in [9.17, 15) is 4.79 Å². The predicted molar refractivity (Wildman–Crippen MR) is 98.5 cm³/mol. The van der Waals surface area contributed by atoms with E-state index >= 15 is 0 Å². The lowest BCUT2D eigenvalue weighted by atomic mass is 9.47. The number of amides is 1. The largest absolute Gasteiger partial charge is 0.481 e. The number of rotatable bonds is 1. The number of hydrogen-bond donors (Lipinski definition) is 0. The summed E-state index contributed by atoms with van der Waals surface area (Å²) in [6.45, 7) is 8.98. The Balaban J connectivity index is 1.33. The second kappa shape index (κ2) is 5.63. The van der Waals surface area contributed by atoms with Crippen molar-refractivity contribution in [3.05, 3.63) is 0 Å². The minimum atomic E-state index is -0.471. The van der Waals surface area contributed by atoms with Crippen molar-refractivity contribution in [1.82, 2.24) is 4.90 Å².